The summed E-state index contributed by atoms with van der Waals surface area (Å²) in [6.07, 6.45) is 13.9. The van der Waals surface area contributed by atoms with Crippen LogP contribution >= 0.6 is 0 Å². The summed E-state index contributed by atoms with van der Waals surface area (Å²) in [6.45, 7) is 8.64. The molecule has 2 N–H and O–H groups in total. The fourth-order valence-electron chi connectivity index (χ4n) is 2.12. The van der Waals surface area contributed by atoms with Crippen molar-refractivity contribution in [2.45, 2.75) is 58.7 Å². The first-order valence-electron chi connectivity index (χ1n) is 7.01. The highest BCUT2D eigenvalue weighted by atomic mass is 16.3. The SMILES string of the molecule is CC(C)(O)Cn1[c-][n+](Cn2[c-][n+](CC(C)(C)O)cc2)cc1. The van der Waals surface area contributed by atoms with Gasteiger partial charge in [-0.15, -0.1) is 0 Å². The van der Waals surface area contributed by atoms with Gasteiger partial charge in [0.2, 0.25) is 12.7 Å². The van der Waals surface area contributed by atoms with Crippen molar-refractivity contribution in [2.24, 2.45) is 0 Å². The molecule has 0 atom stereocenters. The molecule has 0 aliphatic heterocycles. The van der Waals surface area contributed by atoms with Crippen LogP contribution in [-0.2, 0) is 19.8 Å². The van der Waals surface area contributed by atoms with E-state index < -0.39 is 11.2 Å². The molecular weight excluding hydrogens is 268 g/mol. The fraction of sp³-hybridized carbons (Fsp3) is 0.600. The van der Waals surface area contributed by atoms with Crippen molar-refractivity contribution in [3.05, 3.63) is 37.4 Å². The van der Waals surface area contributed by atoms with Gasteiger partial charge in [-0.1, -0.05) is 0 Å². The summed E-state index contributed by atoms with van der Waals surface area (Å²) in [7, 11) is 0. The number of hydrogen-bond acceptors (Lipinski definition) is 2. The molecule has 0 saturated heterocycles. The Kier molecular flexibility index (Phi) is 4.20. The van der Waals surface area contributed by atoms with Gasteiger partial charge >= 0.3 is 0 Å². The lowest BCUT2D eigenvalue weighted by Crippen LogP contribution is -2.44. The zero-order chi connectivity index (χ0) is 15.7. The molecule has 0 saturated carbocycles. The molecule has 0 aliphatic carbocycles. The van der Waals surface area contributed by atoms with E-state index in [1.54, 1.807) is 27.7 Å². The molecule has 0 fully saturated rings. The van der Waals surface area contributed by atoms with Gasteiger partial charge in [0.25, 0.3) is 0 Å². The fourth-order valence-corrected chi connectivity index (χ4v) is 2.12. The number of nitrogens with zero attached hydrogens (tertiary/aromatic N) is 4. The summed E-state index contributed by atoms with van der Waals surface area (Å²) < 4.78 is 7.43. The van der Waals surface area contributed by atoms with Gasteiger partial charge in [-0.25, -0.2) is 0 Å². The lowest BCUT2D eigenvalue weighted by atomic mass is 10.1. The summed E-state index contributed by atoms with van der Waals surface area (Å²) in [6, 6.07) is 0. The molecule has 6 nitrogen and oxygen atoms in total. The molecule has 0 spiro atoms. The molecule has 21 heavy (non-hydrogen) atoms. The van der Waals surface area contributed by atoms with Crippen molar-refractivity contribution in [3.63, 3.8) is 0 Å². The van der Waals surface area contributed by atoms with Crippen molar-refractivity contribution < 1.29 is 19.3 Å². The highest BCUT2D eigenvalue weighted by molar-refractivity contribution is 4.72. The summed E-state index contributed by atoms with van der Waals surface area (Å²) >= 11 is 0. The molecule has 2 aromatic heterocycles. The van der Waals surface area contributed by atoms with Crippen LogP contribution in [0.25, 0.3) is 0 Å². The maximum atomic E-state index is 9.79. The third-order valence-electron chi connectivity index (χ3n) is 2.79. The molecule has 0 radical (unpaired) electrons. The Bertz CT molecular complexity index is 535. The highest BCUT2D eigenvalue weighted by Gasteiger charge is 2.16. The minimum atomic E-state index is -0.761. The van der Waals surface area contributed by atoms with Crippen LogP contribution in [0.3, 0.4) is 0 Å². The Morgan fingerprint density at radius 2 is 1.48 bits per heavy atom. The van der Waals surface area contributed by atoms with Gasteiger partial charge < -0.3 is 28.5 Å². The second-order valence-electron chi connectivity index (χ2n) is 6.76. The van der Waals surface area contributed by atoms with Gasteiger partial charge in [-0.3, -0.25) is 0 Å². The van der Waals surface area contributed by atoms with Crippen LogP contribution < -0.4 is 9.13 Å². The molecular formula is C15H24N4O2. The van der Waals surface area contributed by atoms with E-state index in [2.05, 4.69) is 12.7 Å². The van der Waals surface area contributed by atoms with E-state index in [-0.39, 0.29) is 0 Å². The van der Waals surface area contributed by atoms with E-state index in [9.17, 15) is 10.2 Å². The maximum absolute atomic E-state index is 9.79. The summed E-state index contributed by atoms with van der Waals surface area (Å²) in [5.41, 5.74) is -1.52. The third kappa shape index (κ3) is 5.32. The summed E-state index contributed by atoms with van der Waals surface area (Å²) in [5, 5.41) is 19.6. The molecule has 116 valence electrons. The van der Waals surface area contributed by atoms with Gasteiger partial charge in [0.1, 0.15) is 0 Å². The number of imidazole rings is 2. The van der Waals surface area contributed by atoms with Gasteiger partial charge in [-0.05, 0) is 52.5 Å². The predicted octanol–water partition coefficient (Wildman–Crippen LogP) is -0.487. The van der Waals surface area contributed by atoms with Gasteiger partial charge in [-0.2, -0.15) is 0 Å². The molecule has 2 rings (SSSR count). The molecule has 0 amide bonds. The van der Waals surface area contributed by atoms with Crippen molar-refractivity contribution in [1.29, 1.82) is 0 Å². The monoisotopic (exact) mass is 292 g/mol. The zero-order valence-corrected chi connectivity index (χ0v) is 13.1. The minimum absolute atomic E-state index is 0.494. The average Bonchev–Trinajstić information content (AvgIpc) is 2.85. The van der Waals surface area contributed by atoms with Gasteiger partial charge in [0.05, 0.1) is 24.3 Å². The Morgan fingerprint density at radius 3 is 2.10 bits per heavy atom. The Labute approximate surface area is 125 Å². The Hall–Kier alpha value is -1.66. The first kappa shape index (κ1) is 15.7. The smallest absolute Gasteiger partial charge is 0.207 e. The largest absolute Gasteiger partial charge is 0.386 e. The lowest BCUT2D eigenvalue weighted by molar-refractivity contribution is -0.723. The first-order valence-corrected chi connectivity index (χ1v) is 7.01. The van der Waals surface area contributed by atoms with Crippen LogP contribution in [0.2, 0.25) is 0 Å². The Balaban J connectivity index is 1.99. The van der Waals surface area contributed by atoms with Crippen molar-refractivity contribution in [1.82, 2.24) is 9.13 Å². The molecule has 2 aromatic rings. The quantitative estimate of drug-likeness (QED) is 0.558. The number of aliphatic hydroxyl groups is 2. The van der Waals surface area contributed by atoms with Gasteiger partial charge in [0.15, 0.2) is 6.67 Å². The number of rotatable bonds is 6. The van der Waals surface area contributed by atoms with Crippen LogP contribution in [0.1, 0.15) is 27.7 Å². The van der Waals surface area contributed by atoms with Gasteiger partial charge in [0, 0.05) is 0 Å². The highest BCUT2D eigenvalue weighted by Crippen LogP contribution is 2.04. The third-order valence-corrected chi connectivity index (χ3v) is 2.79. The van der Waals surface area contributed by atoms with Crippen LogP contribution in [0, 0.1) is 12.7 Å². The van der Waals surface area contributed by atoms with Crippen LogP contribution in [-0.4, -0.2) is 30.5 Å². The van der Waals surface area contributed by atoms with E-state index in [0.717, 1.165) is 0 Å². The zero-order valence-electron chi connectivity index (χ0n) is 13.1. The number of aromatic nitrogens is 4. The molecule has 0 aliphatic rings. The molecule has 6 heteroatoms. The van der Waals surface area contributed by atoms with E-state index in [1.807, 2.05) is 43.1 Å². The van der Waals surface area contributed by atoms with Crippen molar-refractivity contribution in [3.8, 4) is 0 Å². The van der Waals surface area contributed by atoms with E-state index in [4.69, 9.17) is 0 Å². The normalized spacial score (nSPS) is 12.9. The average molecular weight is 292 g/mol. The van der Waals surface area contributed by atoms with Crippen LogP contribution in [0.4, 0.5) is 0 Å². The molecule has 0 bridgehead atoms. The van der Waals surface area contributed by atoms with Crippen LogP contribution in [0.15, 0.2) is 24.8 Å². The minimum Gasteiger partial charge on any atom is -0.386 e. The number of hydrogen-bond donors (Lipinski definition) is 2. The maximum Gasteiger partial charge on any atom is 0.207 e. The lowest BCUT2D eigenvalue weighted by Gasteiger charge is -2.15. The molecule has 0 aromatic carbocycles. The van der Waals surface area contributed by atoms with E-state index >= 15 is 0 Å². The predicted molar refractivity (Wildman–Crippen MR) is 74.9 cm³/mol. The van der Waals surface area contributed by atoms with Crippen LogP contribution in [0.5, 0.6) is 0 Å². The Morgan fingerprint density at radius 1 is 0.905 bits per heavy atom. The second-order valence-corrected chi connectivity index (χ2v) is 6.76. The second kappa shape index (κ2) is 5.61. The first-order chi connectivity index (χ1) is 9.61. The van der Waals surface area contributed by atoms with E-state index in [1.165, 1.54) is 0 Å². The summed E-state index contributed by atoms with van der Waals surface area (Å²) in [5.74, 6) is 0. The topological polar surface area (TPSA) is 58.1 Å². The molecule has 0 unspecified atom stereocenters. The van der Waals surface area contributed by atoms with E-state index in [0.29, 0.717) is 19.8 Å². The summed E-state index contributed by atoms with van der Waals surface area (Å²) in [4.78, 5) is 0. The van der Waals surface area contributed by atoms with Crippen molar-refractivity contribution in [2.75, 3.05) is 0 Å². The van der Waals surface area contributed by atoms with Crippen molar-refractivity contribution >= 4 is 0 Å². The standard InChI is InChI=1S/C15H24N4O2/c1-14(2,20)9-16-5-7-18(11-16)13-19-8-6-17(12-19)10-15(3,4)21/h5-8,20-21H,9-10,13H2,1-4H3. The molecule has 2 heterocycles.